The minimum absolute atomic E-state index is 0.0146. The summed E-state index contributed by atoms with van der Waals surface area (Å²) in [6.45, 7) is 0.721. The van der Waals surface area contributed by atoms with Crippen molar-refractivity contribution in [2.24, 2.45) is 5.92 Å². The SMILES string of the molecule is CC(F)(F)C(=O)OCC1CCCCC1.c1ccc([S+](c2ccccc2)c2ccccc2)cc1. The fraction of sp³-hybridized carbons (Fsp3) is 0.321. The predicted octanol–water partition coefficient (Wildman–Crippen LogP) is 7.55. The smallest absolute Gasteiger partial charge is 0.376 e. The summed E-state index contributed by atoms with van der Waals surface area (Å²) in [6.07, 6.45) is 5.41. The zero-order valence-electron chi connectivity index (χ0n) is 19.0. The molecule has 0 heterocycles. The number of hydrogen-bond acceptors (Lipinski definition) is 2. The fourth-order valence-electron chi connectivity index (χ4n) is 3.75. The largest absolute Gasteiger partial charge is 0.461 e. The summed E-state index contributed by atoms with van der Waals surface area (Å²) >= 11 is 0. The van der Waals surface area contributed by atoms with Gasteiger partial charge in [0.25, 0.3) is 0 Å². The molecule has 4 rings (SSSR count). The summed E-state index contributed by atoms with van der Waals surface area (Å²) < 4.78 is 29.3. The number of ether oxygens (including phenoxy) is 1. The average Bonchev–Trinajstić information content (AvgIpc) is 2.85. The molecule has 0 radical (unpaired) electrons. The van der Waals surface area contributed by atoms with E-state index in [2.05, 4.69) is 95.7 Å². The summed E-state index contributed by atoms with van der Waals surface area (Å²) in [5.74, 6) is -4.47. The number of halogens is 2. The molecule has 0 spiro atoms. The molecule has 1 saturated carbocycles. The number of benzene rings is 3. The van der Waals surface area contributed by atoms with Gasteiger partial charge in [-0.3, -0.25) is 0 Å². The summed E-state index contributed by atoms with van der Waals surface area (Å²) in [7, 11) is -0.0146. The summed E-state index contributed by atoms with van der Waals surface area (Å²) in [5.41, 5.74) is 0. The molecule has 0 bridgehead atoms. The number of rotatable bonds is 6. The van der Waals surface area contributed by atoms with Gasteiger partial charge >= 0.3 is 11.9 Å². The van der Waals surface area contributed by atoms with Crippen molar-refractivity contribution in [3.63, 3.8) is 0 Å². The first-order valence-corrected chi connectivity index (χ1v) is 12.6. The molecule has 0 atom stereocenters. The van der Waals surface area contributed by atoms with E-state index in [1.807, 2.05) is 0 Å². The van der Waals surface area contributed by atoms with E-state index in [-0.39, 0.29) is 23.4 Å². The van der Waals surface area contributed by atoms with Gasteiger partial charge in [0.05, 0.1) is 17.5 Å². The first-order chi connectivity index (χ1) is 15.9. The van der Waals surface area contributed by atoms with Crippen LogP contribution in [-0.2, 0) is 20.4 Å². The molecule has 0 amide bonds. The Kier molecular flexibility index (Phi) is 9.49. The van der Waals surface area contributed by atoms with Crippen molar-refractivity contribution in [2.75, 3.05) is 6.61 Å². The average molecular weight is 470 g/mol. The lowest BCUT2D eigenvalue weighted by Crippen LogP contribution is -2.29. The molecule has 33 heavy (non-hydrogen) atoms. The normalized spacial score (nSPS) is 14.3. The van der Waals surface area contributed by atoms with Gasteiger partial charge in [-0.05, 0) is 55.2 Å². The molecule has 3 aromatic rings. The van der Waals surface area contributed by atoms with Gasteiger partial charge in [0.2, 0.25) is 0 Å². The maximum atomic E-state index is 12.4. The second kappa shape index (κ2) is 12.5. The highest BCUT2D eigenvalue weighted by molar-refractivity contribution is 7.97. The van der Waals surface area contributed by atoms with Gasteiger partial charge in [-0.2, -0.15) is 8.78 Å². The summed E-state index contributed by atoms with van der Waals surface area (Å²) in [6, 6.07) is 32.2. The Hall–Kier alpha value is -2.66. The zero-order valence-corrected chi connectivity index (χ0v) is 19.8. The highest BCUT2D eigenvalue weighted by Gasteiger charge is 2.34. The Bertz CT molecular complexity index is 860. The third-order valence-electron chi connectivity index (χ3n) is 5.47. The highest BCUT2D eigenvalue weighted by Crippen LogP contribution is 2.30. The van der Waals surface area contributed by atoms with Gasteiger partial charge < -0.3 is 4.74 Å². The molecule has 3 aromatic carbocycles. The van der Waals surface area contributed by atoms with Crippen molar-refractivity contribution in [3.05, 3.63) is 91.0 Å². The molecule has 2 nitrogen and oxygen atoms in total. The topological polar surface area (TPSA) is 26.3 Å². The van der Waals surface area contributed by atoms with Crippen molar-refractivity contribution in [3.8, 4) is 0 Å². The van der Waals surface area contributed by atoms with Crippen LogP contribution in [0.5, 0.6) is 0 Å². The molecule has 1 fully saturated rings. The van der Waals surface area contributed by atoms with Gasteiger partial charge in [-0.25, -0.2) is 4.79 Å². The Balaban J connectivity index is 0.000000196. The van der Waals surface area contributed by atoms with Crippen LogP contribution in [0.1, 0.15) is 39.0 Å². The minimum Gasteiger partial charge on any atom is -0.461 e. The van der Waals surface area contributed by atoms with E-state index in [0.717, 1.165) is 25.7 Å². The van der Waals surface area contributed by atoms with Crippen molar-refractivity contribution in [1.82, 2.24) is 0 Å². The highest BCUT2D eigenvalue weighted by atomic mass is 32.2. The molecule has 174 valence electrons. The fourth-order valence-corrected chi connectivity index (χ4v) is 5.86. The number of hydrogen-bond donors (Lipinski definition) is 0. The van der Waals surface area contributed by atoms with E-state index < -0.39 is 11.9 Å². The standard InChI is InChI=1S/C18H15S.C10H16F2O2/c1-4-10-16(11-5-1)19(17-12-6-2-7-13-17)18-14-8-3-9-15-18;1-10(11,12)9(13)14-7-8-5-3-2-4-6-8/h1-15H;8H,2-7H2,1H3/q+1;. The van der Waals surface area contributed by atoms with Crippen molar-refractivity contribution in [1.29, 1.82) is 0 Å². The van der Waals surface area contributed by atoms with Crippen LogP contribution in [0.2, 0.25) is 0 Å². The predicted molar refractivity (Wildman–Crippen MR) is 130 cm³/mol. The second-order valence-corrected chi connectivity index (χ2v) is 10.3. The van der Waals surface area contributed by atoms with Gasteiger partial charge in [0.1, 0.15) is 0 Å². The molecule has 5 heteroatoms. The molecule has 1 aliphatic rings. The molecular formula is C28H31F2O2S+. The molecule has 0 aromatic heterocycles. The Labute approximate surface area is 198 Å². The maximum Gasteiger partial charge on any atom is 0.376 e. The molecule has 0 aliphatic heterocycles. The van der Waals surface area contributed by atoms with E-state index in [9.17, 15) is 13.6 Å². The Morgan fingerprint density at radius 2 is 1.18 bits per heavy atom. The first-order valence-electron chi connectivity index (χ1n) is 11.4. The van der Waals surface area contributed by atoms with E-state index in [4.69, 9.17) is 0 Å². The van der Waals surface area contributed by atoms with Crippen LogP contribution in [0.25, 0.3) is 0 Å². The third kappa shape index (κ3) is 8.01. The van der Waals surface area contributed by atoms with Crippen LogP contribution >= 0.6 is 0 Å². The summed E-state index contributed by atoms with van der Waals surface area (Å²) in [4.78, 5) is 14.8. The monoisotopic (exact) mass is 469 g/mol. The van der Waals surface area contributed by atoms with E-state index in [0.29, 0.717) is 6.92 Å². The maximum absolute atomic E-state index is 12.4. The quantitative estimate of drug-likeness (QED) is 0.275. The number of carbonyl (C=O) groups is 1. The van der Waals surface area contributed by atoms with Crippen LogP contribution in [0.15, 0.2) is 106 Å². The van der Waals surface area contributed by atoms with Gasteiger partial charge in [0, 0.05) is 6.92 Å². The lowest BCUT2D eigenvalue weighted by atomic mass is 9.90. The molecule has 1 aliphatic carbocycles. The lowest BCUT2D eigenvalue weighted by Gasteiger charge is -2.21. The van der Waals surface area contributed by atoms with Gasteiger partial charge in [0.15, 0.2) is 14.7 Å². The summed E-state index contributed by atoms with van der Waals surface area (Å²) in [5, 5.41) is 0. The molecular weight excluding hydrogens is 438 g/mol. The molecule has 0 unspecified atom stereocenters. The lowest BCUT2D eigenvalue weighted by molar-refractivity contribution is -0.170. The van der Waals surface area contributed by atoms with Crippen LogP contribution in [-0.4, -0.2) is 18.5 Å². The van der Waals surface area contributed by atoms with Crippen molar-refractivity contribution >= 4 is 16.9 Å². The van der Waals surface area contributed by atoms with Crippen molar-refractivity contribution < 1.29 is 18.3 Å². The van der Waals surface area contributed by atoms with Crippen molar-refractivity contribution in [2.45, 2.75) is 59.6 Å². The van der Waals surface area contributed by atoms with Crippen LogP contribution in [0.3, 0.4) is 0 Å². The number of esters is 1. The zero-order chi connectivity index (χ0) is 23.5. The number of carbonyl (C=O) groups excluding carboxylic acids is 1. The van der Waals surface area contributed by atoms with Crippen LogP contribution < -0.4 is 0 Å². The Morgan fingerprint density at radius 3 is 1.55 bits per heavy atom. The van der Waals surface area contributed by atoms with Gasteiger partial charge in [-0.1, -0.05) is 73.9 Å². The van der Waals surface area contributed by atoms with Crippen LogP contribution in [0, 0.1) is 5.92 Å². The molecule has 0 N–H and O–H groups in total. The van der Waals surface area contributed by atoms with Gasteiger partial charge in [-0.15, -0.1) is 0 Å². The van der Waals surface area contributed by atoms with E-state index in [1.54, 1.807) is 0 Å². The first kappa shape index (κ1) is 25.0. The molecule has 0 saturated heterocycles. The Morgan fingerprint density at radius 1 is 0.788 bits per heavy atom. The number of alkyl halides is 2. The minimum atomic E-state index is -3.35. The van der Waals surface area contributed by atoms with E-state index >= 15 is 0 Å². The second-order valence-electron chi connectivity index (χ2n) is 8.24. The van der Waals surface area contributed by atoms with E-state index in [1.165, 1.54) is 21.1 Å². The van der Waals surface area contributed by atoms with Crippen LogP contribution in [0.4, 0.5) is 8.78 Å². The third-order valence-corrected chi connectivity index (χ3v) is 7.70.